The molecule has 0 spiro atoms. The van der Waals surface area contributed by atoms with Crippen LogP contribution in [0.5, 0.6) is 0 Å². The van der Waals surface area contributed by atoms with Crippen molar-refractivity contribution in [2.75, 3.05) is 4.90 Å². The van der Waals surface area contributed by atoms with Gasteiger partial charge in [-0.05, 0) is 31.9 Å². The van der Waals surface area contributed by atoms with Crippen LogP contribution in [0.25, 0.3) is 0 Å². The van der Waals surface area contributed by atoms with Crippen LogP contribution in [0.1, 0.15) is 30.0 Å². The quantitative estimate of drug-likeness (QED) is 0.604. The molecule has 0 saturated carbocycles. The second-order valence-corrected chi connectivity index (χ2v) is 7.01. The summed E-state index contributed by atoms with van der Waals surface area (Å²) in [5, 5.41) is 9.67. The third-order valence-corrected chi connectivity index (χ3v) is 5.17. The molecular formula is C24H22N2O2. The summed E-state index contributed by atoms with van der Waals surface area (Å²) in [6.45, 7) is 1.95. The minimum absolute atomic E-state index is 0.0352. The summed E-state index contributed by atoms with van der Waals surface area (Å²) in [6, 6.07) is 25.9. The first-order valence-corrected chi connectivity index (χ1v) is 9.48. The molecule has 140 valence electrons. The maximum absolute atomic E-state index is 11.8. The van der Waals surface area contributed by atoms with Crippen LogP contribution in [0.4, 0.5) is 16.2 Å². The SMILES string of the molecule is CC1CCc2c(N=C(c3ccccc3)c3ccccc3)cccc2N1C(=O)O. The van der Waals surface area contributed by atoms with Crippen molar-refractivity contribution in [3.8, 4) is 0 Å². The lowest BCUT2D eigenvalue weighted by atomic mass is 9.95. The van der Waals surface area contributed by atoms with Crippen LogP contribution < -0.4 is 4.90 Å². The molecule has 0 fully saturated rings. The molecule has 4 rings (SSSR count). The van der Waals surface area contributed by atoms with Crippen LogP contribution in [0, 0.1) is 0 Å². The summed E-state index contributed by atoms with van der Waals surface area (Å²) in [6.07, 6.45) is 0.690. The Morgan fingerprint density at radius 3 is 2.11 bits per heavy atom. The van der Waals surface area contributed by atoms with Gasteiger partial charge in [0, 0.05) is 22.7 Å². The average molecular weight is 370 g/mol. The van der Waals surface area contributed by atoms with Crippen LogP contribution in [0.2, 0.25) is 0 Å². The first-order chi connectivity index (χ1) is 13.6. The number of amides is 1. The normalized spacial score (nSPS) is 15.6. The molecule has 0 aliphatic carbocycles. The number of nitrogens with zero attached hydrogens (tertiary/aromatic N) is 2. The molecule has 28 heavy (non-hydrogen) atoms. The van der Waals surface area contributed by atoms with Gasteiger partial charge in [0.2, 0.25) is 0 Å². The second kappa shape index (κ2) is 7.69. The lowest BCUT2D eigenvalue weighted by molar-refractivity contribution is 0.198. The fourth-order valence-electron chi connectivity index (χ4n) is 3.77. The van der Waals surface area contributed by atoms with Gasteiger partial charge in [0.25, 0.3) is 0 Å². The van der Waals surface area contributed by atoms with Gasteiger partial charge in [-0.3, -0.25) is 4.90 Å². The molecule has 4 heteroatoms. The van der Waals surface area contributed by atoms with Crippen LogP contribution >= 0.6 is 0 Å². The predicted molar refractivity (Wildman–Crippen MR) is 113 cm³/mol. The van der Waals surface area contributed by atoms with E-state index in [0.717, 1.165) is 46.6 Å². The Labute approximate surface area is 164 Å². The van der Waals surface area contributed by atoms with Gasteiger partial charge in [0.05, 0.1) is 17.1 Å². The van der Waals surface area contributed by atoms with E-state index in [2.05, 4.69) is 0 Å². The Hall–Kier alpha value is -3.40. The Kier molecular flexibility index (Phi) is 4.94. The molecule has 3 aromatic rings. The topological polar surface area (TPSA) is 52.9 Å². The monoisotopic (exact) mass is 370 g/mol. The van der Waals surface area contributed by atoms with Crippen LogP contribution in [0.3, 0.4) is 0 Å². The summed E-state index contributed by atoms with van der Waals surface area (Å²) in [5.41, 5.74) is 5.52. The van der Waals surface area contributed by atoms with E-state index in [9.17, 15) is 9.90 Å². The van der Waals surface area contributed by atoms with Crippen molar-refractivity contribution in [3.05, 3.63) is 95.6 Å². The van der Waals surface area contributed by atoms with Crippen LogP contribution in [-0.4, -0.2) is 23.0 Å². The highest BCUT2D eigenvalue weighted by Gasteiger charge is 2.29. The molecular weight excluding hydrogens is 348 g/mol. The number of rotatable bonds is 3. The lowest BCUT2D eigenvalue weighted by Crippen LogP contribution is -2.41. The van der Waals surface area contributed by atoms with E-state index in [1.165, 1.54) is 4.90 Å². The highest BCUT2D eigenvalue weighted by Crippen LogP contribution is 2.37. The number of hydrogen-bond acceptors (Lipinski definition) is 2. The van der Waals surface area contributed by atoms with Crippen molar-refractivity contribution in [3.63, 3.8) is 0 Å². The molecule has 0 aromatic heterocycles. The third kappa shape index (κ3) is 3.41. The zero-order valence-corrected chi connectivity index (χ0v) is 15.7. The van der Waals surface area contributed by atoms with E-state index in [0.29, 0.717) is 0 Å². The molecule has 0 saturated heterocycles. The number of carboxylic acid groups (broad SMARTS) is 1. The van der Waals surface area contributed by atoms with Gasteiger partial charge in [-0.1, -0.05) is 66.7 Å². The van der Waals surface area contributed by atoms with Crippen molar-refractivity contribution in [1.82, 2.24) is 0 Å². The van der Waals surface area contributed by atoms with Crippen LogP contribution in [0.15, 0.2) is 83.9 Å². The van der Waals surface area contributed by atoms with Crippen molar-refractivity contribution in [1.29, 1.82) is 0 Å². The standard InChI is InChI=1S/C24H22N2O2/c1-17-15-16-20-21(13-8-14-22(20)26(17)24(27)28)25-23(18-9-4-2-5-10-18)19-11-6-3-7-12-19/h2-14,17H,15-16H2,1H3,(H,27,28). The molecule has 0 bridgehead atoms. The molecule has 4 nitrogen and oxygen atoms in total. The first-order valence-electron chi connectivity index (χ1n) is 9.48. The van der Waals surface area contributed by atoms with Crippen molar-refractivity contribution < 1.29 is 9.90 Å². The van der Waals surface area contributed by atoms with Gasteiger partial charge >= 0.3 is 6.09 Å². The minimum Gasteiger partial charge on any atom is -0.465 e. The number of aliphatic imine (C=N–C) groups is 1. The average Bonchev–Trinajstić information content (AvgIpc) is 2.72. The largest absolute Gasteiger partial charge is 0.465 e. The van der Waals surface area contributed by atoms with Gasteiger partial charge in [-0.25, -0.2) is 9.79 Å². The highest BCUT2D eigenvalue weighted by atomic mass is 16.4. The second-order valence-electron chi connectivity index (χ2n) is 7.01. The number of anilines is 1. The molecule has 1 aliphatic rings. The number of fused-ring (bicyclic) bond motifs is 1. The molecule has 1 aliphatic heterocycles. The zero-order chi connectivity index (χ0) is 19.5. The molecule has 3 aromatic carbocycles. The Balaban J connectivity index is 1.88. The fraction of sp³-hybridized carbons (Fsp3) is 0.167. The maximum Gasteiger partial charge on any atom is 0.412 e. The van der Waals surface area contributed by atoms with Gasteiger partial charge in [0.1, 0.15) is 0 Å². The third-order valence-electron chi connectivity index (χ3n) is 5.17. The molecule has 1 atom stereocenters. The summed E-state index contributed by atoms with van der Waals surface area (Å²) in [5.74, 6) is 0. The van der Waals surface area contributed by atoms with Gasteiger partial charge in [0.15, 0.2) is 0 Å². The minimum atomic E-state index is -0.916. The summed E-state index contributed by atoms with van der Waals surface area (Å²) < 4.78 is 0. The first kappa shape index (κ1) is 18.0. The molecule has 0 radical (unpaired) electrons. The Morgan fingerprint density at radius 2 is 1.54 bits per heavy atom. The number of carbonyl (C=O) groups is 1. The summed E-state index contributed by atoms with van der Waals surface area (Å²) >= 11 is 0. The van der Waals surface area contributed by atoms with Gasteiger partial charge in [-0.15, -0.1) is 0 Å². The Bertz CT molecular complexity index is 972. The number of benzene rings is 3. The van der Waals surface area contributed by atoms with E-state index in [4.69, 9.17) is 4.99 Å². The molecule has 1 N–H and O–H groups in total. The summed E-state index contributed by atoms with van der Waals surface area (Å²) in [7, 11) is 0. The van der Waals surface area contributed by atoms with Crippen LogP contribution in [-0.2, 0) is 6.42 Å². The van der Waals surface area contributed by atoms with Gasteiger partial charge in [-0.2, -0.15) is 0 Å². The Morgan fingerprint density at radius 1 is 0.929 bits per heavy atom. The lowest BCUT2D eigenvalue weighted by Gasteiger charge is -2.33. The van der Waals surface area contributed by atoms with Crippen molar-refractivity contribution in [2.24, 2.45) is 4.99 Å². The molecule has 1 amide bonds. The number of hydrogen-bond donors (Lipinski definition) is 1. The van der Waals surface area contributed by atoms with Crippen molar-refractivity contribution >= 4 is 23.2 Å². The van der Waals surface area contributed by atoms with Crippen molar-refractivity contribution in [2.45, 2.75) is 25.8 Å². The summed E-state index contributed by atoms with van der Waals surface area (Å²) in [4.78, 5) is 18.3. The molecule has 1 unspecified atom stereocenters. The molecule has 1 heterocycles. The smallest absolute Gasteiger partial charge is 0.412 e. The van der Waals surface area contributed by atoms with E-state index in [1.807, 2.05) is 85.8 Å². The highest BCUT2D eigenvalue weighted by molar-refractivity contribution is 6.14. The fourth-order valence-corrected chi connectivity index (χ4v) is 3.77. The van der Waals surface area contributed by atoms with E-state index < -0.39 is 6.09 Å². The van der Waals surface area contributed by atoms with Gasteiger partial charge < -0.3 is 5.11 Å². The zero-order valence-electron chi connectivity index (χ0n) is 15.7. The predicted octanol–water partition coefficient (Wildman–Crippen LogP) is 5.67. The van der Waals surface area contributed by atoms with E-state index in [-0.39, 0.29) is 6.04 Å². The van der Waals surface area contributed by atoms with E-state index >= 15 is 0 Å². The van der Waals surface area contributed by atoms with E-state index in [1.54, 1.807) is 0 Å². The maximum atomic E-state index is 11.8.